The molecule has 0 N–H and O–H groups in total. The second kappa shape index (κ2) is 6.28. The summed E-state index contributed by atoms with van der Waals surface area (Å²) in [5.41, 5.74) is 21.3. The molecule has 1 aromatic heterocycles. The zero-order valence-electron chi connectivity index (χ0n) is 19.3. The molecule has 3 heterocycles. The number of rotatable bonds is 0. The summed E-state index contributed by atoms with van der Waals surface area (Å²) < 4.78 is 0. The SMILES string of the molecule is c1ccc2c(c1)Cc1ccc3c(c1-2)Cc1c-3ccc2c1Cc1cncc3c1N2c1ccccc1C3. The van der Waals surface area contributed by atoms with Crippen LogP contribution in [0.15, 0.2) is 85.2 Å². The predicted molar refractivity (Wildman–Crippen MR) is 141 cm³/mol. The zero-order valence-corrected chi connectivity index (χ0v) is 19.3. The number of nitrogens with zero attached hydrogens (tertiary/aromatic N) is 2. The van der Waals surface area contributed by atoms with Gasteiger partial charge in [0.05, 0.1) is 11.4 Å². The van der Waals surface area contributed by atoms with Crippen molar-refractivity contribution in [3.63, 3.8) is 0 Å². The van der Waals surface area contributed by atoms with Crippen molar-refractivity contribution in [2.24, 2.45) is 0 Å². The molecular formula is C33H22N2. The number of fused-ring (bicyclic) bond motifs is 12. The fraction of sp³-hybridized carbons (Fsp3) is 0.121. The van der Waals surface area contributed by atoms with Crippen molar-refractivity contribution in [1.29, 1.82) is 0 Å². The summed E-state index contributed by atoms with van der Waals surface area (Å²) in [6.45, 7) is 0. The van der Waals surface area contributed by atoms with Crippen LogP contribution >= 0.6 is 0 Å². The van der Waals surface area contributed by atoms with Crippen molar-refractivity contribution >= 4 is 17.1 Å². The number of pyridine rings is 1. The van der Waals surface area contributed by atoms with Crippen LogP contribution in [0.2, 0.25) is 0 Å². The van der Waals surface area contributed by atoms with Crippen LogP contribution in [0.4, 0.5) is 17.1 Å². The molecule has 164 valence electrons. The average Bonchev–Trinajstić information content (AvgIpc) is 3.47. The third-order valence-electron chi connectivity index (χ3n) is 8.63. The van der Waals surface area contributed by atoms with Crippen LogP contribution in [0.5, 0.6) is 0 Å². The fourth-order valence-electron chi connectivity index (χ4n) is 7.19. The van der Waals surface area contributed by atoms with Crippen LogP contribution in [-0.2, 0) is 25.7 Å². The second-order valence-corrected chi connectivity index (χ2v) is 10.3. The van der Waals surface area contributed by atoms with E-state index >= 15 is 0 Å². The molecular weight excluding hydrogens is 424 g/mol. The highest BCUT2D eigenvalue weighted by molar-refractivity contribution is 5.95. The van der Waals surface area contributed by atoms with E-state index in [1.54, 1.807) is 0 Å². The third-order valence-corrected chi connectivity index (χ3v) is 8.63. The molecule has 4 aromatic carbocycles. The minimum atomic E-state index is 0.958. The number of hydrogen-bond acceptors (Lipinski definition) is 2. The second-order valence-electron chi connectivity index (χ2n) is 10.3. The van der Waals surface area contributed by atoms with E-state index in [-0.39, 0.29) is 0 Å². The Balaban J connectivity index is 1.28. The van der Waals surface area contributed by atoms with E-state index in [2.05, 4.69) is 95.1 Å². The van der Waals surface area contributed by atoms with Crippen molar-refractivity contribution in [3.8, 4) is 22.3 Å². The van der Waals surface area contributed by atoms with Gasteiger partial charge in [-0.2, -0.15) is 0 Å². The van der Waals surface area contributed by atoms with Gasteiger partial charge in [-0.15, -0.1) is 0 Å². The van der Waals surface area contributed by atoms with Crippen molar-refractivity contribution < 1.29 is 0 Å². The van der Waals surface area contributed by atoms with Gasteiger partial charge in [-0.3, -0.25) is 4.98 Å². The summed E-state index contributed by atoms with van der Waals surface area (Å²) in [6, 6.07) is 27.4. The maximum absolute atomic E-state index is 4.66. The lowest BCUT2D eigenvalue weighted by Crippen LogP contribution is -2.25. The minimum Gasteiger partial charge on any atom is -0.309 e. The molecule has 2 nitrogen and oxygen atoms in total. The first-order valence-corrected chi connectivity index (χ1v) is 12.6. The summed E-state index contributed by atoms with van der Waals surface area (Å²) in [4.78, 5) is 7.18. The predicted octanol–water partition coefficient (Wildman–Crippen LogP) is 7.50. The fourth-order valence-corrected chi connectivity index (χ4v) is 7.19. The summed E-state index contributed by atoms with van der Waals surface area (Å²) in [5, 5.41) is 0. The van der Waals surface area contributed by atoms with Crippen LogP contribution in [-0.4, -0.2) is 4.98 Å². The lowest BCUT2D eigenvalue weighted by Gasteiger charge is -2.39. The molecule has 0 spiro atoms. The Morgan fingerprint density at radius 2 is 1.23 bits per heavy atom. The van der Waals surface area contributed by atoms with Crippen LogP contribution in [0.25, 0.3) is 22.3 Å². The largest absolute Gasteiger partial charge is 0.309 e. The van der Waals surface area contributed by atoms with Gasteiger partial charge in [-0.1, -0.05) is 60.7 Å². The van der Waals surface area contributed by atoms with Gasteiger partial charge in [-0.05, 0) is 91.7 Å². The highest BCUT2D eigenvalue weighted by Crippen LogP contribution is 2.54. The standard InChI is InChI=1S/C33H22N2/c1-3-7-24-19(5-1)13-21-9-10-26-25-11-12-31-28(27(25)16-29(26)32(21)24)15-23-18-34-17-22-14-20-6-2-4-8-30(20)35(31)33(22)23/h1-12,17-18H,13-16H2. The summed E-state index contributed by atoms with van der Waals surface area (Å²) in [7, 11) is 0. The van der Waals surface area contributed by atoms with Gasteiger partial charge in [0.2, 0.25) is 0 Å². The van der Waals surface area contributed by atoms with E-state index in [1.807, 2.05) is 0 Å². The van der Waals surface area contributed by atoms with Crippen molar-refractivity contribution in [2.45, 2.75) is 25.7 Å². The first-order chi connectivity index (χ1) is 17.3. The normalized spacial score (nSPS) is 14.9. The van der Waals surface area contributed by atoms with E-state index in [9.17, 15) is 0 Å². The third kappa shape index (κ3) is 2.23. The van der Waals surface area contributed by atoms with Crippen LogP contribution in [0.3, 0.4) is 0 Å². The maximum Gasteiger partial charge on any atom is 0.0563 e. The molecule has 0 unspecified atom stereocenters. The molecule has 2 aliphatic carbocycles. The zero-order chi connectivity index (χ0) is 22.7. The minimum absolute atomic E-state index is 0.958. The molecule has 4 aliphatic rings. The number of aromatic nitrogens is 1. The molecule has 0 fully saturated rings. The number of hydrogen-bond donors (Lipinski definition) is 0. The van der Waals surface area contributed by atoms with Gasteiger partial charge in [0.1, 0.15) is 0 Å². The first-order valence-electron chi connectivity index (χ1n) is 12.6. The molecule has 0 bridgehead atoms. The molecule has 2 aliphatic heterocycles. The smallest absolute Gasteiger partial charge is 0.0563 e. The van der Waals surface area contributed by atoms with Crippen LogP contribution < -0.4 is 4.90 Å². The summed E-state index contributed by atoms with van der Waals surface area (Å²) >= 11 is 0. The van der Waals surface area contributed by atoms with Gasteiger partial charge in [0.25, 0.3) is 0 Å². The monoisotopic (exact) mass is 446 g/mol. The molecule has 0 saturated carbocycles. The molecule has 0 atom stereocenters. The van der Waals surface area contributed by atoms with Crippen LogP contribution in [0.1, 0.15) is 44.5 Å². The Hall–Kier alpha value is -4.17. The van der Waals surface area contributed by atoms with E-state index in [0.717, 1.165) is 25.7 Å². The lowest BCUT2D eigenvalue weighted by molar-refractivity contribution is 0.974. The highest BCUT2D eigenvalue weighted by atomic mass is 15.2. The molecule has 0 radical (unpaired) electrons. The summed E-state index contributed by atoms with van der Waals surface area (Å²) in [5.74, 6) is 0. The van der Waals surface area contributed by atoms with Gasteiger partial charge < -0.3 is 4.90 Å². The Kier molecular flexibility index (Phi) is 3.27. The van der Waals surface area contributed by atoms with E-state index < -0.39 is 0 Å². The van der Waals surface area contributed by atoms with Crippen LogP contribution in [0, 0.1) is 0 Å². The van der Waals surface area contributed by atoms with E-state index in [0.29, 0.717) is 0 Å². The quantitative estimate of drug-likeness (QED) is 0.240. The Labute approximate surface area is 204 Å². The van der Waals surface area contributed by atoms with E-state index in [1.165, 1.54) is 83.8 Å². The highest BCUT2D eigenvalue weighted by Gasteiger charge is 2.36. The van der Waals surface area contributed by atoms with Gasteiger partial charge in [-0.25, -0.2) is 0 Å². The topological polar surface area (TPSA) is 16.1 Å². The summed E-state index contributed by atoms with van der Waals surface area (Å²) in [6.07, 6.45) is 8.15. The van der Waals surface area contributed by atoms with Gasteiger partial charge in [0.15, 0.2) is 0 Å². The Bertz CT molecular complexity index is 1760. The van der Waals surface area contributed by atoms with Crippen molar-refractivity contribution in [1.82, 2.24) is 4.98 Å². The molecule has 0 amide bonds. The average molecular weight is 447 g/mol. The Morgan fingerprint density at radius 1 is 0.486 bits per heavy atom. The molecule has 0 saturated heterocycles. The Morgan fingerprint density at radius 3 is 2.17 bits per heavy atom. The number of benzene rings is 4. The van der Waals surface area contributed by atoms with E-state index in [4.69, 9.17) is 0 Å². The number of anilines is 3. The van der Waals surface area contributed by atoms with Gasteiger partial charge >= 0.3 is 0 Å². The molecule has 35 heavy (non-hydrogen) atoms. The van der Waals surface area contributed by atoms with Crippen molar-refractivity contribution in [3.05, 3.63) is 130 Å². The van der Waals surface area contributed by atoms with Crippen molar-refractivity contribution in [2.75, 3.05) is 4.90 Å². The maximum atomic E-state index is 4.66. The molecule has 5 aromatic rings. The lowest BCUT2D eigenvalue weighted by atomic mass is 9.85. The van der Waals surface area contributed by atoms with Gasteiger partial charge in [0, 0.05) is 30.9 Å². The first kappa shape index (κ1) is 18.2. The number of para-hydroxylation sites is 1. The molecule has 9 rings (SSSR count). The molecule has 2 heteroatoms.